The summed E-state index contributed by atoms with van der Waals surface area (Å²) in [6.07, 6.45) is 6.10. The molecule has 3 nitrogen and oxygen atoms in total. The van der Waals surface area contributed by atoms with E-state index in [1.165, 1.54) is 25.0 Å². The number of hydrogen-bond donors (Lipinski definition) is 1. The standard InChI is InChI=1S/C12H21NO2S/c14-12(15)10-3-2-6-13(9-10)7-8-16-11-4-1-5-11/h10-11H,1-9H2,(H,14,15). The van der Waals surface area contributed by atoms with Gasteiger partial charge >= 0.3 is 5.97 Å². The number of piperidine rings is 1. The van der Waals surface area contributed by atoms with Crippen LogP contribution in [0.3, 0.4) is 0 Å². The zero-order valence-corrected chi connectivity index (χ0v) is 10.5. The van der Waals surface area contributed by atoms with Crippen LogP contribution in [0.15, 0.2) is 0 Å². The summed E-state index contributed by atoms with van der Waals surface area (Å²) in [4.78, 5) is 13.2. The van der Waals surface area contributed by atoms with Crippen molar-refractivity contribution in [3.05, 3.63) is 0 Å². The number of hydrogen-bond acceptors (Lipinski definition) is 3. The monoisotopic (exact) mass is 243 g/mol. The van der Waals surface area contributed by atoms with Crippen molar-refractivity contribution in [2.75, 3.05) is 25.4 Å². The quantitative estimate of drug-likeness (QED) is 0.802. The van der Waals surface area contributed by atoms with Gasteiger partial charge in [-0.15, -0.1) is 0 Å². The van der Waals surface area contributed by atoms with E-state index in [1.807, 2.05) is 0 Å². The highest BCUT2D eigenvalue weighted by atomic mass is 32.2. The van der Waals surface area contributed by atoms with E-state index in [-0.39, 0.29) is 5.92 Å². The topological polar surface area (TPSA) is 40.5 Å². The number of likely N-dealkylation sites (tertiary alicyclic amines) is 1. The molecule has 1 aliphatic heterocycles. The van der Waals surface area contributed by atoms with E-state index in [4.69, 9.17) is 5.11 Å². The summed E-state index contributed by atoms with van der Waals surface area (Å²) in [7, 11) is 0. The van der Waals surface area contributed by atoms with Gasteiger partial charge in [-0.05, 0) is 32.2 Å². The smallest absolute Gasteiger partial charge is 0.307 e. The summed E-state index contributed by atoms with van der Waals surface area (Å²) in [5, 5.41) is 9.89. The van der Waals surface area contributed by atoms with Crippen LogP contribution < -0.4 is 0 Å². The largest absolute Gasteiger partial charge is 0.481 e. The van der Waals surface area contributed by atoms with Crippen molar-refractivity contribution in [3.8, 4) is 0 Å². The Labute approximate surface area is 102 Å². The van der Waals surface area contributed by atoms with E-state index in [0.717, 1.165) is 37.7 Å². The Hall–Kier alpha value is -0.220. The van der Waals surface area contributed by atoms with Gasteiger partial charge in [0, 0.05) is 24.1 Å². The molecule has 4 heteroatoms. The molecule has 0 aromatic rings. The predicted octanol–water partition coefficient (Wildman–Crippen LogP) is 2.07. The molecule has 1 unspecified atom stereocenters. The molecule has 1 saturated carbocycles. The molecule has 0 spiro atoms. The number of carbonyl (C=O) groups is 1. The third-order valence-corrected chi connectivity index (χ3v) is 5.03. The van der Waals surface area contributed by atoms with Crippen LogP contribution in [0.4, 0.5) is 0 Å². The summed E-state index contributed by atoms with van der Waals surface area (Å²) < 4.78 is 0. The molecular weight excluding hydrogens is 222 g/mol. The van der Waals surface area contributed by atoms with Crippen LogP contribution in [0.5, 0.6) is 0 Å². The lowest BCUT2D eigenvalue weighted by atomic mass is 9.98. The van der Waals surface area contributed by atoms with E-state index in [9.17, 15) is 4.79 Å². The molecule has 1 saturated heterocycles. The fourth-order valence-electron chi connectivity index (χ4n) is 2.35. The molecule has 0 aromatic carbocycles. The van der Waals surface area contributed by atoms with Gasteiger partial charge in [0.05, 0.1) is 5.92 Å². The highest BCUT2D eigenvalue weighted by Gasteiger charge is 2.25. The van der Waals surface area contributed by atoms with E-state index in [2.05, 4.69) is 16.7 Å². The first kappa shape index (κ1) is 12.2. The number of nitrogens with zero attached hydrogens (tertiary/aromatic N) is 1. The predicted molar refractivity (Wildman–Crippen MR) is 66.9 cm³/mol. The lowest BCUT2D eigenvalue weighted by Gasteiger charge is -2.31. The molecule has 1 N–H and O–H groups in total. The molecule has 1 aliphatic carbocycles. The van der Waals surface area contributed by atoms with Crippen LogP contribution in [0, 0.1) is 5.92 Å². The van der Waals surface area contributed by atoms with Crippen LogP contribution in [0.25, 0.3) is 0 Å². The Balaban J connectivity index is 1.62. The van der Waals surface area contributed by atoms with Crippen LogP contribution in [0.1, 0.15) is 32.1 Å². The molecule has 1 atom stereocenters. The van der Waals surface area contributed by atoms with E-state index < -0.39 is 5.97 Å². The summed E-state index contributed by atoms with van der Waals surface area (Å²) >= 11 is 2.08. The summed E-state index contributed by atoms with van der Waals surface area (Å²) in [6.45, 7) is 2.93. The fraction of sp³-hybridized carbons (Fsp3) is 0.917. The Morgan fingerprint density at radius 3 is 2.75 bits per heavy atom. The van der Waals surface area contributed by atoms with Gasteiger partial charge in [0.2, 0.25) is 0 Å². The van der Waals surface area contributed by atoms with Gasteiger partial charge in [-0.1, -0.05) is 6.42 Å². The second-order valence-electron chi connectivity index (χ2n) is 4.90. The Bertz CT molecular complexity index is 243. The van der Waals surface area contributed by atoms with Gasteiger partial charge < -0.3 is 10.0 Å². The van der Waals surface area contributed by atoms with Crippen molar-refractivity contribution >= 4 is 17.7 Å². The SMILES string of the molecule is O=C(O)C1CCCN(CCSC2CCC2)C1. The van der Waals surface area contributed by atoms with Crippen molar-refractivity contribution < 1.29 is 9.90 Å². The van der Waals surface area contributed by atoms with Gasteiger partial charge in [-0.2, -0.15) is 11.8 Å². The van der Waals surface area contributed by atoms with Gasteiger partial charge in [0.1, 0.15) is 0 Å². The van der Waals surface area contributed by atoms with Crippen molar-refractivity contribution in [3.63, 3.8) is 0 Å². The van der Waals surface area contributed by atoms with Gasteiger partial charge in [-0.25, -0.2) is 0 Å². The molecule has 0 bridgehead atoms. The number of carboxylic acid groups (broad SMARTS) is 1. The number of rotatable bonds is 5. The molecule has 0 radical (unpaired) electrons. The zero-order valence-electron chi connectivity index (χ0n) is 9.73. The Morgan fingerprint density at radius 2 is 2.12 bits per heavy atom. The summed E-state index contributed by atoms with van der Waals surface area (Å²) in [5.41, 5.74) is 0. The molecule has 2 aliphatic rings. The molecule has 0 aromatic heterocycles. The second kappa shape index (κ2) is 5.92. The molecule has 1 heterocycles. The zero-order chi connectivity index (χ0) is 11.4. The van der Waals surface area contributed by atoms with Crippen LogP contribution in [0.2, 0.25) is 0 Å². The van der Waals surface area contributed by atoms with Crippen LogP contribution >= 0.6 is 11.8 Å². The Kier molecular flexibility index (Phi) is 4.53. The maximum Gasteiger partial charge on any atom is 0.307 e. The molecule has 92 valence electrons. The number of carboxylic acids is 1. The lowest BCUT2D eigenvalue weighted by Crippen LogP contribution is -2.39. The van der Waals surface area contributed by atoms with Gasteiger partial charge in [0.25, 0.3) is 0 Å². The van der Waals surface area contributed by atoms with Gasteiger partial charge in [-0.3, -0.25) is 4.79 Å². The van der Waals surface area contributed by atoms with Crippen molar-refractivity contribution in [1.82, 2.24) is 4.90 Å². The maximum absolute atomic E-state index is 10.9. The van der Waals surface area contributed by atoms with Crippen molar-refractivity contribution in [2.24, 2.45) is 5.92 Å². The van der Waals surface area contributed by atoms with Crippen LogP contribution in [-0.2, 0) is 4.79 Å². The van der Waals surface area contributed by atoms with E-state index in [0.29, 0.717) is 0 Å². The first-order valence-electron chi connectivity index (χ1n) is 6.32. The van der Waals surface area contributed by atoms with Gasteiger partial charge in [0.15, 0.2) is 0 Å². The van der Waals surface area contributed by atoms with Crippen molar-refractivity contribution in [1.29, 1.82) is 0 Å². The van der Waals surface area contributed by atoms with E-state index >= 15 is 0 Å². The molecule has 0 amide bonds. The normalized spacial score (nSPS) is 27.6. The summed E-state index contributed by atoms with van der Waals surface area (Å²) in [6, 6.07) is 0. The highest BCUT2D eigenvalue weighted by molar-refractivity contribution is 7.99. The van der Waals surface area contributed by atoms with E-state index in [1.54, 1.807) is 0 Å². The average Bonchev–Trinajstić information content (AvgIpc) is 2.22. The maximum atomic E-state index is 10.9. The fourth-order valence-corrected chi connectivity index (χ4v) is 3.71. The molecule has 2 fully saturated rings. The first-order valence-corrected chi connectivity index (χ1v) is 7.37. The highest BCUT2D eigenvalue weighted by Crippen LogP contribution is 2.31. The third kappa shape index (κ3) is 3.39. The average molecular weight is 243 g/mol. The Morgan fingerprint density at radius 1 is 1.31 bits per heavy atom. The molecule has 16 heavy (non-hydrogen) atoms. The second-order valence-corrected chi connectivity index (χ2v) is 6.31. The minimum Gasteiger partial charge on any atom is -0.481 e. The number of thioether (sulfide) groups is 1. The molecular formula is C12H21NO2S. The molecule has 2 rings (SSSR count). The summed E-state index contributed by atoms with van der Waals surface area (Å²) in [5.74, 6) is 0.440. The third-order valence-electron chi connectivity index (χ3n) is 3.67. The minimum absolute atomic E-state index is 0.123. The minimum atomic E-state index is -0.614. The van der Waals surface area contributed by atoms with Crippen LogP contribution in [-0.4, -0.2) is 46.6 Å². The first-order chi connectivity index (χ1) is 7.75. The number of aliphatic carboxylic acids is 1. The lowest BCUT2D eigenvalue weighted by molar-refractivity contribution is -0.143. The van der Waals surface area contributed by atoms with Crippen molar-refractivity contribution in [2.45, 2.75) is 37.4 Å².